The van der Waals surface area contributed by atoms with Gasteiger partial charge in [-0.3, -0.25) is 9.59 Å². The predicted octanol–water partition coefficient (Wildman–Crippen LogP) is 8.02. The predicted molar refractivity (Wildman–Crippen MR) is 133 cm³/mol. The second kappa shape index (κ2) is 19.4. The molecular weight excluding hydrogens is 400 g/mol. The summed E-state index contributed by atoms with van der Waals surface area (Å²) in [5, 5.41) is 0. The molecule has 0 aromatic rings. The molecule has 0 aromatic carbocycles. The highest BCUT2D eigenvalue weighted by atomic mass is 16.5. The third-order valence-electron chi connectivity index (χ3n) is 6.81. The lowest BCUT2D eigenvalue weighted by Crippen LogP contribution is -2.28. The average molecular weight is 453 g/mol. The molecule has 0 heterocycles. The molecule has 0 N–H and O–H groups in total. The van der Waals surface area contributed by atoms with E-state index in [-0.39, 0.29) is 23.8 Å². The van der Waals surface area contributed by atoms with Crippen molar-refractivity contribution in [3.8, 4) is 0 Å². The van der Waals surface area contributed by atoms with E-state index in [9.17, 15) is 9.59 Å². The van der Waals surface area contributed by atoms with Gasteiger partial charge in [0, 0.05) is 0 Å². The van der Waals surface area contributed by atoms with Crippen LogP contribution >= 0.6 is 0 Å². The van der Waals surface area contributed by atoms with Crippen molar-refractivity contribution >= 4 is 11.9 Å². The van der Waals surface area contributed by atoms with Crippen LogP contribution in [0.25, 0.3) is 0 Å². The molecule has 0 atom stereocenters. The molecule has 0 aromatic heterocycles. The fourth-order valence-electron chi connectivity index (χ4n) is 4.57. The van der Waals surface area contributed by atoms with E-state index in [1.807, 2.05) is 0 Å². The van der Waals surface area contributed by atoms with Crippen LogP contribution in [0.15, 0.2) is 0 Å². The zero-order valence-electron chi connectivity index (χ0n) is 21.5. The van der Waals surface area contributed by atoms with Crippen molar-refractivity contribution < 1.29 is 19.1 Å². The highest BCUT2D eigenvalue weighted by Crippen LogP contribution is 2.30. The van der Waals surface area contributed by atoms with Crippen LogP contribution in [0.5, 0.6) is 0 Å². The summed E-state index contributed by atoms with van der Waals surface area (Å²) in [7, 11) is 0. The van der Waals surface area contributed by atoms with Crippen LogP contribution in [-0.4, -0.2) is 25.2 Å². The van der Waals surface area contributed by atoms with Gasteiger partial charge in [-0.05, 0) is 44.4 Å². The normalized spacial score (nSPS) is 18.6. The maximum atomic E-state index is 12.3. The standard InChI is InChI=1S/C28H52O4/c1-4-5-6-7-8-9-10-12-15-22-31-27(29)25-18-20-26(21-19-25)28(30)32-23-16-13-11-14-17-24(2)3/h24-26H,4-23H2,1-3H3. The molecule has 1 rings (SSSR count). The van der Waals surface area contributed by atoms with Crippen molar-refractivity contribution in [1.29, 1.82) is 0 Å². The van der Waals surface area contributed by atoms with Gasteiger partial charge in [-0.15, -0.1) is 0 Å². The van der Waals surface area contributed by atoms with Crippen LogP contribution in [0.2, 0.25) is 0 Å². The summed E-state index contributed by atoms with van der Waals surface area (Å²) >= 11 is 0. The minimum atomic E-state index is -0.0614. The van der Waals surface area contributed by atoms with Crippen LogP contribution in [0.4, 0.5) is 0 Å². The molecule has 1 aliphatic rings. The Morgan fingerprint density at radius 2 is 1.00 bits per heavy atom. The monoisotopic (exact) mass is 452 g/mol. The largest absolute Gasteiger partial charge is 0.465 e. The smallest absolute Gasteiger partial charge is 0.308 e. The Labute approximate surface area is 198 Å². The number of hydrogen-bond donors (Lipinski definition) is 0. The molecular formula is C28H52O4. The molecule has 0 aliphatic heterocycles. The Hall–Kier alpha value is -1.06. The Kier molecular flexibility index (Phi) is 17.6. The first-order valence-electron chi connectivity index (χ1n) is 13.9. The maximum Gasteiger partial charge on any atom is 0.308 e. The number of esters is 2. The Morgan fingerprint density at radius 1 is 0.625 bits per heavy atom. The Balaban J connectivity index is 1.98. The fourth-order valence-corrected chi connectivity index (χ4v) is 4.57. The second-order valence-electron chi connectivity index (χ2n) is 10.3. The van der Waals surface area contributed by atoms with Crippen LogP contribution in [0.1, 0.15) is 136 Å². The highest BCUT2D eigenvalue weighted by molar-refractivity contribution is 5.75. The summed E-state index contributed by atoms with van der Waals surface area (Å²) in [5.41, 5.74) is 0. The van der Waals surface area contributed by atoms with Gasteiger partial charge >= 0.3 is 11.9 Å². The topological polar surface area (TPSA) is 52.6 Å². The summed E-state index contributed by atoms with van der Waals surface area (Å²) < 4.78 is 11.0. The average Bonchev–Trinajstić information content (AvgIpc) is 2.79. The fraction of sp³-hybridized carbons (Fsp3) is 0.929. The number of carbonyl (C=O) groups excluding carboxylic acids is 2. The number of rotatable bonds is 19. The molecule has 0 spiro atoms. The van der Waals surface area contributed by atoms with Gasteiger partial charge in [-0.1, -0.05) is 97.8 Å². The van der Waals surface area contributed by atoms with Gasteiger partial charge < -0.3 is 9.47 Å². The van der Waals surface area contributed by atoms with Crippen LogP contribution in [0.3, 0.4) is 0 Å². The molecule has 4 nitrogen and oxygen atoms in total. The van der Waals surface area contributed by atoms with E-state index in [2.05, 4.69) is 20.8 Å². The molecule has 0 amide bonds. The Bertz CT molecular complexity index is 466. The molecule has 4 heteroatoms. The van der Waals surface area contributed by atoms with E-state index < -0.39 is 0 Å². The molecule has 1 saturated carbocycles. The second-order valence-corrected chi connectivity index (χ2v) is 10.3. The number of carbonyl (C=O) groups is 2. The molecule has 0 radical (unpaired) electrons. The Morgan fingerprint density at radius 3 is 1.41 bits per heavy atom. The van der Waals surface area contributed by atoms with Crippen LogP contribution in [0, 0.1) is 17.8 Å². The van der Waals surface area contributed by atoms with Gasteiger partial charge in [0.05, 0.1) is 25.0 Å². The van der Waals surface area contributed by atoms with Crippen molar-refractivity contribution in [2.75, 3.05) is 13.2 Å². The van der Waals surface area contributed by atoms with Crippen molar-refractivity contribution in [2.45, 2.75) is 136 Å². The van der Waals surface area contributed by atoms with Gasteiger partial charge in [0.1, 0.15) is 0 Å². The van der Waals surface area contributed by atoms with Gasteiger partial charge in [-0.2, -0.15) is 0 Å². The molecule has 0 bridgehead atoms. The lowest BCUT2D eigenvalue weighted by atomic mass is 9.82. The van der Waals surface area contributed by atoms with E-state index in [1.54, 1.807) is 0 Å². The summed E-state index contributed by atoms with van der Waals surface area (Å²) in [4.78, 5) is 24.6. The van der Waals surface area contributed by atoms with E-state index >= 15 is 0 Å². The van der Waals surface area contributed by atoms with E-state index in [4.69, 9.17) is 9.47 Å². The first-order chi connectivity index (χ1) is 15.5. The molecule has 188 valence electrons. The van der Waals surface area contributed by atoms with Crippen LogP contribution < -0.4 is 0 Å². The van der Waals surface area contributed by atoms with Gasteiger partial charge in [0.25, 0.3) is 0 Å². The minimum absolute atomic E-state index is 0.0291. The molecule has 1 fully saturated rings. The molecule has 1 aliphatic carbocycles. The summed E-state index contributed by atoms with van der Waals surface area (Å²) in [6.45, 7) is 7.86. The minimum Gasteiger partial charge on any atom is -0.465 e. The van der Waals surface area contributed by atoms with Crippen LogP contribution in [-0.2, 0) is 19.1 Å². The lowest BCUT2D eigenvalue weighted by Gasteiger charge is -2.26. The van der Waals surface area contributed by atoms with E-state index in [0.717, 1.165) is 57.3 Å². The SMILES string of the molecule is CCCCCCCCCCCOC(=O)C1CCC(C(=O)OCCCCCCC(C)C)CC1. The summed E-state index contributed by atoms with van der Waals surface area (Å²) in [6.07, 6.45) is 20.3. The zero-order valence-corrected chi connectivity index (χ0v) is 21.5. The third kappa shape index (κ3) is 14.9. The molecule has 0 saturated heterocycles. The van der Waals surface area contributed by atoms with E-state index in [0.29, 0.717) is 13.2 Å². The number of unbranched alkanes of at least 4 members (excludes halogenated alkanes) is 11. The summed E-state index contributed by atoms with van der Waals surface area (Å²) in [6, 6.07) is 0. The first kappa shape index (κ1) is 29.0. The number of hydrogen-bond acceptors (Lipinski definition) is 4. The van der Waals surface area contributed by atoms with E-state index in [1.165, 1.54) is 64.2 Å². The van der Waals surface area contributed by atoms with Gasteiger partial charge in [0.15, 0.2) is 0 Å². The molecule has 0 unspecified atom stereocenters. The van der Waals surface area contributed by atoms with Crippen molar-refractivity contribution in [1.82, 2.24) is 0 Å². The maximum absolute atomic E-state index is 12.3. The van der Waals surface area contributed by atoms with Gasteiger partial charge in [0.2, 0.25) is 0 Å². The highest BCUT2D eigenvalue weighted by Gasteiger charge is 2.31. The molecule has 32 heavy (non-hydrogen) atoms. The number of ether oxygens (including phenoxy) is 2. The lowest BCUT2D eigenvalue weighted by molar-refractivity contribution is -0.155. The summed E-state index contributed by atoms with van der Waals surface area (Å²) in [5.74, 6) is 0.595. The zero-order chi connectivity index (χ0) is 23.4. The van der Waals surface area contributed by atoms with Crippen molar-refractivity contribution in [3.05, 3.63) is 0 Å². The first-order valence-corrected chi connectivity index (χ1v) is 13.9. The quantitative estimate of drug-likeness (QED) is 0.147. The van der Waals surface area contributed by atoms with Crippen molar-refractivity contribution in [2.24, 2.45) is 17.8 Å². The van der Waals surface area contributed by atoms with Crippen molar-refractivity contribution in [3.63, 3.8) is 0 Å². The van der Waals surface area contributed by atoms with Gasteiger partial charge in [-0.25, -0.2) is 0 Å². The third-order valence-corrected chi connectivity index (χ3v) is 6.81.